The Hall–Kier alpha value is -1.95. The van der Waals surface area contributed by atoms with E-state index in [4.69, 9.17) is 32.7 Å². The Balaban J connectivity index is 1.79. The van der Waals surface area contributed by atoms with Crippen molar-refractivity contribution in [3.8, 4) is 11.5 Å². The van der Waals surface area contributed by atoms with Gasteiger partial charge >= 0.3 is 5.97 Å². The van der Waals surface area contributed by atoms with Crippen molar-refractivity contribution in [2.24, 2.45) is 0 Å². The Morgan fingerprint density at radius 3 is 2.71 bits per heavy atom. The van der Waals surface area contributed by atoms with Crippen LogP contribution in [0.1, 0.15) is 11.1 Å². The minimum Gasteiger partial charge on any atom is -0.491 e. The molecule has 0 aromatic heterocycles. The van der Waals surface area contributed by atoms with Gasteiger partial charge in [0, 0.05) is 27.2 Å². The molecule has 0 bridgehead atoms. The van der Waals surface area contributed by atoms with Gasteiger partial charge in [-0.15, -0.1) is 0 Å². The quantitative estimate of drug-likeness (QED) is 0.846. The van der Waals surface area contributed by atoms with Crippen molar-refractivity contribution in [2.75, 3.05) is 13.2 Å². The fraction of sp³-hybridized carbons (Fsp3) is 0.235. The Bertz CT molecular complexity index is 793. The van der Waals surface area contributed by atoms with Gasteiger partial charge in [-0.1, -0.05) is 35.3 Å². The van der Waals surface area contributed by atoms with Gasteiger partial charge in [0.1, 0.15) is 24.7 Å². The first-order chi connectivity index (χ1) is 11.5. The van der Waals surface area contributed by atoms with Crippen LogP contribution in [-0.4, -0.2) is 29.4 Å². The standard InChI is InChI=1S/C17H14Cl2O5/c18-11-2-1-10(14(19)5-11)7-23-12-3-4-13-15(6-12)24-9-17(13,8-20)16(21)22/h1-6,20H,7-9H2,(H,21,22). The van der Waals surface area contributed by atoms with Crippen LogP contribution in [0.5, 0.6) is 11.5 Å². The SMILES string of the molecule is O=C(O)C1(CO)COc2cc(OCc3ccc(Cl)cc3Cl)ccc21. The molecule has 2 aromatic carbocycles. The molecule has 0 aliphatic carbocycles. The molecule has 0 spiro atoms. The van der Waals surface area contributed by atoms with Gasteiger partial charge in [0.25, 0.3) is 0 Å². The van der Waals surface area contributed by atoms with Crippen LogP contribution in [0.3, 0.4) is 0 Å². The fourth-order valence-electron chi connectivity index (χ4n) is 2.56. The molecular formula is C17H14Cl2O5. The van der Waals surface area contributed by atoms with Crippen molar-refractivity contribution < 1.29 is 24.5 Å². The summed E-state index contributed by atoms with van der Waals surface area (Å²) < 4.78 is 11.1. The average molecular weight is 369 g/mol. The van der Waals surface area contributed by atoms with Gasteiger partial charge in [0.05, 0.1) is 6.61 Å². The largest absolute Gasteiger partial charge is 0.491 e. The maximum absolute atomic E-state index is 11.5. The number of aliphatic hydroxyl groups is 1. The van der Waals surface area contributed by atoms with Crippen LogP contribution in [0.4, 0.5) is 0 Å². The van der Waals surface area contributed by atoms with Crippen molar-refractivity contribution in [2.45, 2.75) is 12.0 Å². The minimum atomic E-state index is -1.42. The number of benzene rings is 2. The lowest BCUT2D eigenvalue weighted by Crippen LogP contribution is -2.41. The van der Waals surface area contributed by atoms with Gasteiger partial charge in [-0.2, -0.15) is 0 Å². The average Bonchev–Trinajstić information content (AvgIpc) is 2.93. The van der Waals surface area contributed by atoms with E-state index >= 15 is 0 Å². The summed E-state index contributed by atoms with van der Waals surface area (Å²) >= 11 is 12.0. The molecule has 1 unspecified atom stereocenters. The smallest absolute Gasteiger partial charge is 0.320 e. The second kappa shape index (κ2) is 6.51. The summed E-state index contributed by atoms with van der Waals surface area (Å²) in [5, 5.41) is 19.9. The molecule has 0 radical (unpaired) electrons. The first-order valence-electron chi connectivity index (χ1n) is 7.14. The number of rotatable bonds is 5. The number of fused-ring (bicyclic) bond motifs is 1. The monoisotopic (exact) mass is 368 g/mol. The first-order valence-corrected chi connectivity index (χ1v) is 7.90. The van der Waals surface area contributed by atoms with Crippen molar-refractivity contribution in [3.63, 3.8) is 0 Å². The molecule has 2 aromatic rings. The van der Waals surface area contributed by atoms with Crippen molar-refractivity contribution in [3.05, 3.63) is 57.6 Å². The van der Waals surface area contributed by atoms with E-state index in [1.54, 1.807) is 36.4 Å². The number of aliphatic hydroxyl groups excluding tert-OH is 1. The van der Waals surface area contributed by atoms with Crippen molar-refractivity contribution >= 4 is 29.2 Å². The molecule has 1 aliphatic rings. The van der Waals surface area contributed by atoms with Gasteiger partial charge in [-0.25, -0.2) is 0 Å². The summed E-state index contributed by atoms with van der Waals surface area (Å²) in [5.41, 5.74) is -0.208. The zero-order valence-electron chi connectivity index (χ0n) is 12.5. The molecule has 0 saturated carbocycles. The number of hydrogen-bond donors (Lipinski definition) is 2. The number of carbonyl (C=O) groups is 1. The Morgan fingerprint density at radius 1 is 1.25 bits per heavy atom. The van der Waals surface area contributed by atoms with Crippen LogP contribution in [0.15, 0.2) is 36.4 Å². The van der Waals surface area contributed by atoms with Crippen LogP contribution in [0, 0.1) is 0 Å². The molecule has 2 N–H and O–H groups in total. The highest BCUT2D eigenvalue weighted by Crippen LogP contribution is 2.41. The van der Waals surface area contributed by atoms with E-state index in [1.165, 1.54) is 0 Å². The van der Waals surface area contributed by atoms with Crippen LogP contribution in [0.2, 0.25) is 10.0 Å². The predicted molar refractivity (Wildman–Crippen MR) is 89.1 cm³/mol. The lowest BCUT2D eigenvalue weighted by Gasteiger charge is -2.19. The number of aliphatic carboxylic acids is 1. The molecule has 24 heavy (non-hydrogen) atoms. The van der Waals surface area contributed by atoms with Crippen molar-refractivity contribution in [1.82, 2.24) is 0 Å². The Labute approximate surface area is 148 Å². The number of carboxylic acid groups (broad SMARTS) is 1. The lowest BCUT2D eigenvalue weighted by molar-refractivity contribution is -0.146. The second-order valence-electron chi connectivity index (χ2n) is 5.52. The third-order valence-corrected chi connectivity index (χ3v) is 4.62. The van der Waals surface area contributed by atoms with Crippen LogP contribution in [0.25, 0.3) is 0 Å². The van der Waals surface area contributed by atoms with Gasteiger partial charge in [0.2, 0.25) is 0 Å². The maximum Gasteiger partial charge on any atom is 0.320 e. The van der Waals surface area contributed by atoms with Gasteiger partial charge in [-0.05, 0) is 18.2 Å². The Kier molecular flexibility index (Phi) is 4.58. The van der Waals surface area contributed by atoms with E-state index in [1.807, 2.05) is 0 Å². The predicted octanol–water partition coefficient (Wildman–Crippen LogP) is 3.28. The number of hydrogen-bond acceptors (Lipinski definition) is 4. The molecular weight excluding hydrogens is 355 g/mol. The van der Waals surface area contributed by atoms with Gasteiger partial charge < -0.3 is 19.7 Å². The van der Waals surface area contributed by atoms with Crippen molar-refractivity contribution in [1.29, 1.82) is 0 Å². The molecule has 126 valence electrons. The molecule has 3 rings (SSSR count). The zero-order chi connectivity index (χ0) is 17.3. The van der Waals surface area contributed by atoms with E-state index in [9.17, 15) is 15.0 Å². The summed E-state index contributed by atoms with van der Waals surface area (Å²) in [7, 11) is 0. The topological polar surface area (TPSA) is 76.0 Å². The Morgan fingerprint density at radius 2 is 2.04 bits per heavy atom. The lowest BCUT2D eigenvalue weighted by atomic mass is 9.83. The highest BCUT2D eigenvalue weighted by molar-refractivity contribution is 6.35. The highest BCUT2D eigenvalue weighted by atomic mass is 35.5. The van der Waals surface area contributed by atoms with Gasteiger partial charge in [0.15, 0.2) is 5.41 Å². The molecule has 5 nitrogen and oxygen atoms in total. The molecule has 7 heteroatoms. The van der Waals surface area contributed by atoms with E-state index in [0.29, 0.717) is 27.1 Å². The van der Waals surface area contributed by atoms with Crippen LogP contribution >= 0.6 is 23.2 Å². The summed E-state index contributed by atoms with van der Waals surface area (Å²) in [4.78, 5) is 11.5. The highest BCUT2D eigenvalue weighted by Gasteiger charge is 2.47. The van der Waals surface area contributed by atoms with Gasteiger partial charge in [-0.3, -0.25) is 4.79 Å². The van der Waals surface area contributed by atoms with Crippen LogP contribution in [-0.2, 0) is 16.8 Å². The molecule has 0 saturated heterocycles. The van der Waals surface area contributed by atoms with Crippen LogP contribution < -0.4 is 9.47 Å². The normalized spacial score (nSPS) is 18.8. The summed E-state index contributed by atoms with van der Waals surface area (Å²) in [6.07, 6.45) is 0. The number of ether oxygens (including phenoxy) is 2. The molecule has 0 fully saturated rings. The molecule has 0 amide bonds. The minimum absolute atomic E-state index is 0.110. The maximum atomic E-state index is 11.5. The first kappa shape index (κ1) is 16.9. The summed E-state index contributed by atoms with van der Waals surface area (Å²) in [6.45, 7) is -0.407. The number of halogens is 2. The second-order valence-corrected chi connectivity index (χ2v) is 6.36. The van der Waals surface area contributed by atoms with E-state index < -0.39 is 18.0 Å². The van der Waals surface area contributed by atoms with E-state index in [-0.39, 0.29) is 13.2 Å². The summed E-state index contributed by atoms with van der Waals surface area (Å²) in [6, 6.07) is 9.99. The fourth-order valence-corrected chi connectivity index (χ4v) is 3.02. The number of carboxylic acids is 1. The molecule has 1 heterocycles. The third-order valence-electron chi connectivity index (χ3n) is 4.03. The van der Waals surface area contributed by atoms with E-state index in [2.05, 4.69) is 0 Å². The molecule has 1 aliphatic heterocycles. The molecule has 1 atom stereocenters. The van der Waals surface area contributed by atoms with E-state index in [0.717, 1.165) is 5.56 Å². The third kappa shape index (κ3) is 2.90. The zero-order valence-corrected chi connectivity index (χ0v) is 14.0. The summed E-state index contributed by atoms with van der Waals surface area (Å²) in [5.74, 6) is -0.213.